The van der Waals surface area contributed by atoms with E-state index in [0.29, 0.717) is 37.1 Å². The second kappa shape index (κ2) is 7.07. The Morgan fingerprint density at radius 3 is 2.96 bits per heavy atom. The normalized spacial score (nSPS) is 27.1. The van der Waals surface area contributed by atoms with Gasteiger partial charge in [0.2, 0.25) is 11.8 Å². The van der Waals surface area contributed by atoms with Crippen LogP contribution in [0.25, 0.3) is 0 Å². The third-order valence-electron chi connectivity index (χ3n) is 4.79. The van der Waals surface area contributed by atoms with E-state index in [2.05, 4.69) is 10.3 Å². The number of anilines is 1. The number of amides is 2. The number of carbonyl (C=O) groups is 2. The quantitative estimate of drug-likeness (QED) is 0.907. The molecule has 0 radical (unpaired) electrons. The van der Waals surface area contributed by atoms with Crippen molar-refractivity contribution in [3.8, 4) is 0 Å². The maximum Gasteiger partial charge on any atom is 0.230 e. The number of nitrogens with one attached hydrogen (secondary N) is 1. The molecule has 0 saturated carbocycles. The van der Waals surface area contributed by atoms with Crippen LogP contribution < -0.4 is 5.32 Å². The lowest BCUT2D eigenvalue weighted by Crippen LogP contribution is -2.49. The van der Waals surface area contributed by atoms with Crippen molar-refractivity contribution < 1.29 is 14.3 Å². The molecule has 2 saturated heterocycles. The highest BCUT2D eigenvalue weighted by molar-refractivity contribution is 6.30. The smallest absolute Gasteiger partial charge is 0.230 e. The molecule has 2 amide bonds. The monoisotopic (exact) mass is 351 g/mol. The first-order valence-electron chi connectivity index (χ1n) is 8.27. The molecule has 3 heterocycles. The summed E-state index contributed by atoms with van der Waals surface area (Å²) in [4.78, 5) is 31.1. The van der Waals surface area contributed by atoms with Gasteiger partial charge in [-0.1, -0.05) is 11.6 Å². The van der Waals surface area contributed by atoms with Crippen LogP contribution in [0.3, 0.4) is 0 Å². The highest BCUT2D eigenvalue weighted by atomic mass is 35.5. The predicted octanol–water partition coefficient (Wildman–Crippen LogP) is 2.34. The van der Waals surface area contributed by atoms with Crippen molar-refractivity contribution in [1.29, 1.82) is 0 Å². The minimum atomic E-state index is -0.448. The van der Waals surface area contributed by atoms with E-state index >= 15 is 0 Å². The van der Waals surface area contributed by atoms with Crippen LogP contribution in [0.15, 0.2) is 18.3 Å². The summed E-state index contributed by atoms with van der Waals surface area (Å²) in [7, 11) is 0. The second-order valence-electron chi connectivity index (χ2n) is 6.80. The van der Waals surface area contributed by atoms with Gasteiger partial charge in [-0.2, -0.15) is 0 Å². The topological polar surface area (TPSA) is 71.5 Å². The molecule has 1 aromatic heterocycles. The standard InChI is InChI=1S/C17H22ClN3O3/c1-17(6-8-24-11-17)16(23)21-7-2-3-12(10-21)15(22)20-14-5-4-13(18)9-19-14/h4-5,9,12H,2-3,6-8,10-11H2,1H3,(H,19,20,22)/t12-,17-/m1/s1. The Kier molecular flexibility index (Phi) is 5.06. The Morgan fingerprint density at radius 2 is 2.29 bits per heavy atom. The fraction of sp³-hybridized carbons (Fsp3) is 0.588. The van der Waals surface area contributed by atoms with E-state index in [0.717, 1.165) is 19.3 Å². The first-order chi connectivity index (χ1) is 11.5. The number of halogens is 1. The molecule has 24 heavy (non-hydrogen) atoms. The lowest BCUT2D eigenvalue weighted by atomic mass is 9.86. The van der Waals surface area contributed by atoms with Crippen molar-refractivity contribution in [2.45, 2.75) is 26.2 Å². The molecule has 2 fully saturated rings. The van der Waals surface area contributed by atoms with Gasteiger partial charge in [0.05, 0.1) is 23.0 Å². The number of likely N-dealkylation sites (tertiary alicyclic amines) is 1. The van der Waals surface area contributed by atoms with E-state index in [1.807, 2.05) is 11.8 Å². The molecule has 0 bridgehead atoms. The van der Waals surface area contributed by atoms with Crippen LogP contribution in [-0.2, 0) is 14.3 Å². The number of hydrogen-bond donors (Lipinski definition) is 1. The van der Waals surface area contributed by atoms with Crippen molar-refractivity contribution in [3.05, 3.63) is 23.4 Å². The molecular weight excluding hydrogens is 330 g/mol. The summed E-state index contributed by atoms with van der Waals surface area (Å²) in [5.41, 5.74) is -0.448. The average Bonchev–Trinajstić information content (AvgIpc) is 3.04. The summed E-state index contributed by atoms with van der Waals surface area (Å²) >= 11 is 5.80. The van der Waals surface area contributed by atoms with Gasteiger partial charge in [0.1, 0.15) is 5.82 Å². The molecule has 0 spiro atoms. The van der Waals surface area contributed by atoms with Gasteiger partial charge in [-0.05, 0) is 38.3 Å². The molecule has 130 valence electrons. The van der Waals surface area contributed by atoms with Gasteiger partial charge in [0, 0.05) is 25.9 Å². The van der Waals surface area contributed by atoms with Crippen LogP contribution in [0, 0.1) is 11.3 Å². The van der Waals surface area contributed by atoms with E-state index in [4.69, 9.17) is 16.3 Å². The summed E-state index contributed by atoms with van der Waals surface area (Å²) in [5.74, 6) is 0.257. The van der Waals surface area contributed by atoms with E-state index in [1.165, 1.54) is 6.20 Å². The highest BCUT2D eigenvalue weighted by Gasteiger charge is 2.42. The zero-order chi connectivity index (χ0) is 17.2. The molecule has 0 unspecified atom stereocenters. The number of nitrogens with zero attached hydrogens (tertiary/aromatic N) is 2. The van der Waals surface area contributed by atoms with Crippen molar-refractivity contribution in [2.75, 3.05) is 31.6 Å². The van der Waals surface area contributed by atoms with Crippen LogP contribution in [0.2, 0.25) is 5.02 Å². The number of carbonyl (C=O) groups excluding carboxylic acids is 2. The van der Waals surface area contributed by atoms with E-state index in [-0.39, 0.29) is 17.7 Å². The molecule has 1 aromatic rings. The maximum atomic E-state index is 12.8. The third kappa shape index (κ3) is 3.70. The predicted molar refractivity (Wildman–Crippen MR) is 90.7 cm³/mol. The number of ether oxygens (including phenoxy) is 1. The van der Waals surface area contributed by atoms with E-state index in [9.17, 15) is 9.59 Å². The van der Waals surface area contributed by atoms with Crippen LogP contribution in [0.1, 0.15) is 26.2 Å². The van der Waals surface area contributed by atoms with Gasteiger partial charge >= 0.3 is 0 Å². The number of rotatable bonds is 3. The van der Waals surface area contributed by atoms with Crippen LogP contribution in [0.5, 0.6) is 0 Å². The minimum absolute atomic E-state index is 0.0992. The van der Waals surface area contributed by atoms with Gasteiger partial charge in [0.15, 0.2) is 0 Å². The molecule has 3 rings (SSSR count). The molecule has 7 heteroatoms. The molecule has 6 nitrogen and oxygen atoms in total. The molecule has 2 aliphatic heterocycles. The van der Waals surface area contributed by atoms with Crippen molar-refractivity contribution >= 4 is 29.2 Å². The Morgan fingerprint density at radius 1 is 1.46 bits per heavy atom. The molecular formula is C17H22ClN3O3. The van der Waals surface area contributed by atoms with Crippen molar-refractivity contribution in [3.63, 3.8) is 0 Å². The number of pyridine rings is 1. The Hall–Kier alpha value is -1.66. The Bertz CT molecular complexity index is 614. The van der Waals surface area contributed by atoms with Gasteiger partial charge < -0.3 is 15.0 Å². The first-order valence-corrected chi connectivity index (χ1v) is 8.65. The third-order valence-corrected chi connectivity index (χ3v) is 5.02. The largest absolute Gasteiger partial charge is 0.380 e. The summed E-state index contributed by atoms with van der Waals surface area (Å²) in [6, 6.07) is 3.35. The summed E-state index contributed by atoms with van der Waals surface area (Å²) in [6.45, 7) is 4.20. The Balaban J connectivity index is 1.61. The first kappa shape index (κ1) is 17.2. The molecule has 0 aliphatic carbocycles. The van der Waals surface area contributed by atoms with Crippen LogP contribution in [-0.4, -0.2) is 48.0 Å². The van der Waals surface area contributed by atoms with E-state index in [1.54, 1.807) is 12.1 Å². The number of hydrogen-bond acceptors (Lipinski definition) is 4. The Labute approximate surface area is 146 Å². The van der Waals surface area contributed by atoms with Crippen LogP contribution >= 0.6 is 11.6 Å². The lowest BCUT2D eigenvalue weighted by Gasteiger charge is -2.36. The minimum Gasteiger partial charge on any atom is -0.380 e. The molecule has 1 N–H and O–H groups in total. The number of aromatic nitrogens is 1. The fourth-order valence-electron chi connectivity index (χ4n) is 3.27. The maximum absolute atomic E-state index is 12.8. The summed E-state index contributed by atoms with van der Waals surface area (Å²) in [5, 5.41) is 3.33. The molecule has 0 aromatic carbocycles. The van der Waals surface area contributed by atoms with Gasteiger partial charge in [-0.3, -0.25) is 9.59 Å². The van der Waals surface area contributed by atoms with E-state index < -0.39 is 5.41 Å². The van der Waals surface area contributed by atoms with Crippen molar-refractivity contribution in [1.82, 2.24) is 9.88 Å². The zero-order valence-corrected chi connectivity index (χ0v) is 14.5. The molecule has 2 atom stereocenters. The average molecular weight is 352 g/mol. The molecule has 2 aliphatic rings. The number of piperidine rings is 1. The zero-order valence-electron chi connectivity index (χ0n) is 13.8. The second-order valence-corrected chi connectivity index (χ2v) is 7.24. The lowest BCUT2D eigenvalue weighted by molar-refractivity contribution is -0.144. The van der Waals surface area contributed by atoms with Crippen molar-refractivity contribution in [2.24, 2.45) is 11.3 Å². The highest BCUT2D eigenvalue weighted by Crippen LogP contribution is 2.32. The fourth-order valence-corrected chi connectivity index (χ4v) is 3.38. The van der Waals surface area contributed by atoms with Gasteiger partial charge in [0.25, 0.3) is 0 Å². The SMILES string of the molecule is C[C@@]1(C(=O)N2CCC[C@@H](C(=O)Nc3ccc(Cl)cn3)C2)CCOC1. The van der Waals surface area contributed by atoms with Gasteiger partial charge in [-0.15, -0.1) is 0 Å². The van der Waals surface area contributed by atoms with Gasteiger partial charge in [-0.25, -0.2) is 4.98 Å². The van der Waals surface area contributed by atoms with Crippen LogP contribution in [0.4, 0.5) is 5.82 Å². The summed E-state index contributed by atoms with van der Waals surface area (Å²) in [6.07, 6.45) is 3.84. The summed E-state index contributed by atoms with van der Waals surface area (Å²) < 4.78 is 5.39.